The first-order valence-corrected chi connectivity index (χ1v) is 7.52. The van der Waals surface area contributed by atoms with Crippen LogP contribution in [0.3, 0.4) is 0 Å². The molecule has 0 bridgehead atoms. The lowest BCUT2D eigenvalue weighted by Gasteiger charge is -2.13. The van der Waals surface area contributed by atoms with E-state index in [2.05, 4.69) is 22.5 Å². The van der Waals surface area contributed by atoms with Gasteiger partial charge in [-0.15, -0.1) is 6.42 Å². The van der Waals surface area contributed by atoms with Gasteiger partial charge in [0.2, 0.25) is 5.95 Å². The van der Waals surface area contributed by atoms with Crippen molar-refractivity contribution in [3.8, 4) is 23.7 Å². The van der Waals surface area contributed by atoms with Gasteiger partial charge in [0.25, 0.3) is 0 Å². The molecule has 1 aliphatic heterocycles. The molecule has 0 aliphatic carbocycles. The fraction of sp³-hybridized carbons (Fsp3) is 0.167. The number of rotatable bonds is 2. The van der Waals surface area contributed by atoms with Gasteiger partial charge in [0.15, 0.2) is 5.82 Å². The summed E-state index contributed by atoms with van der Waals surface area (Å²) in [6, 6.07) is 7.95. The standard InChI is InChI=1S/C18H15N5O/c1-4-9-22-10-12(2)23-17(22)19-16(20-18(23)24)14-11-21(3)15-8-6-5-7-13(14)15/h1,5-8,11H,2,9-10H2,3H3. The molecular weight excluding hydrogens is 302 g/mol. The summed E-state index contributed by atoms with van der Waals surface area (Å²) in [6.45, 7) is 4.76. The van der Waals surface area contributed by atoms with Gasteiger partial charge in [0.05, 0.1) is 13.1 Å². The van der Waals surface area contributed by atoms with Crippen molar-refractivity contribution in [3.63, 3.8) is 0 Å². The molecule has 2 aromatic heterocycles. The maximum absolute atomic E-state index is 12.5. The summed E-state index contributed by atoms with van der Waals surface area (Å²) in [6.07, 6.45) is 7.36. The molecule has 118 valence electrons. The first kappa shape index (κ1) is 14.3. The van der Waals surface area contributed by atoms with E-state index in [0.717, 1.165) is 16.5 Å². The molecule has 0 saturated heterocycles. The maximum Gasteiger partial charge on any atom is 0.356 e. The molecule has 4 rings (SSSR count). The van der Waals surface area contributed by atoms with Crippen LogP contribution in [0.25, 0.3) is 28.0 Å². The van der Waals surface area contributed by atoms with E-state index < -0.39 is 0 Å². The van der Waals surface area contributed by atoms with Gasteiger partial charge in [0, 0.05) is 35.4 Å². The zero-order valence-electron chi connectivity index (χ0n) is 13.2. The number of nitrogens with zero attached hydrogens (tertiary/aromatic N) is 5. The summed E-state index contributed by atoms with van der Waals surface area (Å²) in [5, 5.41) is 1.00. The van der Waals surface area contributed by atoms with E-state index >= 15 is 0 Å². The average molecular weight is 317 g/mol. The molecule has 6 nitrogen and oxygen atoms in total. The van der Waals surface area contributed by atoms with Crippen LogP contribution >= 0.6 is 0 Å². The molecule has 3 heterocycles. The highest BCUT2D eigenvalue weighted by atomic mass is 16.1. The van der Waals surface area contributed by atoms with E-state index in [4.69, 9.17) is 6.42 Å². The van der Waals surface area contributed by atoms with Crippen molar-refractivity contribution < 1.29 is 0 Å². The Balaban J connectivity index is 1.96. The normalized spacial score (nSPS) is 13.3. The first-order chi connectivity index (χ1) is 11.6. The van der Waals surface area contributed by atoms with Crippen molar-refractivity contribution in [3.05, 3.63) is 47.5 Å². The monoisotopic (exact) mass is 317 g/mol. The second-order valence-corrected chi connectivity index (χ2v) is 5.76. The van der Waals surface area contributed by atoms with E-state index in [1.165, 1.54) is 4.57 Å². The van der Waals surface area contributed by atoms with Crippen molar-refractivity contribution in [1.82, 2.24) is 19.1 Å². The quantitative estimate of drug-likeness (QED) is 0.675. The summed E-state index contributed by atoms with van der Waals surface area (Å²) in [5.41, 5.74) is 2.13. The number of fused-ring (bicyclic) bond motifs is 2. The number of aryl methyl sites for hydroxylation is 1. The molecule has 0 spiro atoms. The summed E-state index contributed by atoms with van der Waals surface area (Å²) in [5.74, 6) is 3.49. The Kier molecular flexibility index (Phi) is 3.03. The number of hydrogen-bond acceptors (Lipinski definition) is 4. The molecule has 1 aromatic carbocycles. The molecule has 0 saturated carbocycles. The van der Waals surface area contributed by atoms with Crippen LogP contribution in [-0.2, 0) is 7.05 Å². The Bertz CT molecular complexity index is 1080. The molecule has 6 heteroatoms. The highest BCUT2D eigenvalue weighted by molar-refractivity contribution is 5.94. The van der Waals surface area contributed by atoms with Crippen molar-refractivity contribution in [2.24, 2.45) is 7.05 Å². The van der Waals surface area contributed by atoms with Gasteiger partial charge in [0.1, 0.15) is 0 Å². The largest absolute Gasteiger partial charge is 0.356 e. The van der Waals surface area contributed by atoms with E-state index in [-0.39, 0.29) is 5.69 Å². The fourth-order valence-corrected chi connectivity index (χ4v) is 3.12. The molecule has 0 fully saturated rings. The van der Waals surface area contributed by atoms with Crippen LogP contribution in [0.15, 0.2) is 41.8 Å². The van der Waals surface area contributed by atoms with E-state index in [9.17, 15) is 4.79 Å². The third-order valence-corrected chi connectivity index (χ3v) is 4.19. The van der Waals surface area contributed by atoms with Gasteiger partial charge in [-0.2, -0.15) is 9.97 Å². The lowest BCUT2D eigenvalue weighted by molar-refractivity contribution is 0.886. The first-order valence-electron chi connectivity index (χ1n) is 7.52. The SMILES string of the molecule is C#CCN1CC(=C)n2c1nc(-c1cn(C)c3ccccc13)nc2=O. The third kappa shape index (κ3) is 1.95. The number of hydrogen-bond donors (Lipinski definition) is 0. The smallest absolute Gasteiger partial charge is 0.350 e. The van der Waals surface area contributed by atoms with Gasteiger partial charge in [-0.1, -0.05) is 30.7 Å². The Morgan fingerprint density at radius 1 is 1.33 bits per heavy atom. The zero-order chi connectivity index (χ0) is 16.8. The van der Waals surface area contributed by atoms with E-state index in [1.807, 2.05) is 47.0 Å². The number of terminal acetylenes is 1. The summed E-state index contributed by atoms with van der Waals surface area (Å²) in [7, 11) is 1.96. The molecule has 3 aromatic rings. The number of para-hydroxylation sites is 1. The Hall–Kier alpha value is -3.33. The number of benzene rings is 1. The van der Waals surface area contributed by atoms with Crippen LogP contribution in [0, 0.1) is 12.3 Å². The Morgan fingerprint density at radius 2 is 2.12 bits per heavy atom. The molecule has 0 atom stereocenters. The Morgan fingerprint density at radius 3 is 2.92 bits per heavy atom. The van der Waals surface area contributed by atoms with Crippen molar-refractivity contribution in [2.75, 3.05) is 18.0 Å². The van der Waals surface area contributed by atoms with E-state index in [1.54, 1.807) is 0 Å². The Labute approximate surface area is 138 Å². The van der Waals surface area contributed by atoms with Gasteiger partial charge in [-0.05, 0) is 6.07 Å². The highest BCUT2D eigenvalue weighted by Crippen LogP contribution is 2.30. The third-order valence-electron chi connectivity index (χ3n) is 4.19. The number of aromatic nitrogens is 4. The van der Waals surface area contributed by atoms with Crippen LogP contribution in [0.2, 0.25) is 0 Å². The van der Waals surface area contributed by atoms with Crippen molar-refractivity contribution in [2.45, 2.75) is 0 Å². The summed E-state index contributed by atoms with van der Waals surface area (Å²) < 4.78 is 3.42. The second kappa shape index (κ2) is 5.10. The minimum atomic E-state index is -0.382. The molecule has 0 unspecified atom stereocenters. The summed E-state index contributed by atoms with van der Waals surface area (Å²) in [4.78, 5) is 23.1. The molecule has 24 heavy (non-hydrogen) atoms. The predicted molar refractivity (Wildman–Crippen MR) is 94.6 cm³/mol. The highest BCUT2D eigenvalue weighted by Gasteiger charge is 2.26. The van der Waals surface area contributed by atoms with Gasteiger partial charge < -0.3 is 9.47 Å². The molecular formula is C18H15N5O. The minimum absolute atomic E-state index is 0.366. The zero-order valence-corrected chi connectivity index (χ0v) is 13.2. The maximum atomic E-state index is 12.5. The van der Waals surface area contributed by atoms with Crippen LogP contribution in [0.5, 0.6) is 0 Å². The second-order valence-electron chi connectivity index (χ2n) is 5.76. The molecule has 1 aliphatic rings. The molecule has 0 amide bonds. The lowest BCUT2D eigenvalue weighted by Crippen LogP contribution is -2.25. The van der Waals surface area contributed by atoms with Crippen LogP contribution in [0.1, 0.15) is 0 Å². The van der Waals surface area contributed by atoms with Crippen LogP contribution in [0.4, 0.5) is 5.95 Å². The van der Waals surface area contributed by atoms with Gasteiger partial charge >= 0.3 is 5.69 Å². The van der Waals surface area contributed by atoms with Crippen molar-refractivity contribution >= 4 is 22.5 Å². The molecule has 0 N–H and O–H groups in total. The fourth-order valence-electron chi connectivity index (χ4n) is 3.12. The van der Waals surface area contributed by atoms with Crippen LogP contribution in [-0.4, -0.2) is 32.2 Å². The van der Waals surface area contributed by atoms with E-state index in [0.29, 0.717) is 30.6 Å². The van der Waals surface area contributed by atoms with Gasteiger partial charge in [-0.25, -0.2) is 9.36 Å². The topological polar surface area (TPSA) is 56.0 Å². The molecule has 0 radical (unpaired) electrons. The predicted octanol–water partition coefficient (Wildman–Crippen LogP) is 1.72. The van der Waals surface area contributed by atoms with Crippen LogP contribution < -0.4 is 10.6 Å². The van der Waals surface area contributed by atoms with Crippen molar-refractivity contribution in [1.29, 1.82) is 0 Å². The van der Waals surface area contributed by atoms with Gasteiger partial charge in [-0.3, -0.25) is 0 Å². The lowest BCUT2D eigenvalue weighted by atomic mass is 10.1. The minimum Gasteiger partial charge on any atom is -0.350 e. The summed E-state index contributed by atoms with van der Waals surface area (Å²) >= 11 is 0. The average Bonchev–Trinajstić information content (AvgIpc) is 3.07. The number of anilines is 1.